The van der Waals surface area contributed by atoms with Gasteiger partial charge in [0.15, 0.2) is 17.1 Å². The van der Waals surface area contributed by atoms with Crippen LogP contribution in [0, 0.1) is 0 Å². The molecule has 0 atom stereocenters. The predicted octanol–water partition coefficient (Wildman–Crippen LogP) is 2.16. The van der Waals surface area contributed by atoms with Crippen molar-refractivity contribution >= 4 is 28.3 Å². The summed E-state index contributed by atoms with van der Waals surface area (Å²) in [6.07, 6.45) is 1.03. The maximum absolute atomic E-state index is 8.90. The van der Waals surface area contributed by atoms with Gasteiger partial charge in [0, 0.05) is 48.1 Å². The summed E-state index contributed by atoms with van der Waals surface area (Å²) in [5, 5.41) is 8.32. The summed E-state index contributed by atoms with van der Waals surface area (Å²) in [4.78, 5) is 11.8. The van der Waals surface area contributed by atoms with Gasteiger partial charge in [-0.2, -0.15) is 14.6 Å². The normalized spacial score (nSPS) is 21.4. The number of fused-ring (bicyclic) bond motifs is 3. The molecule has 0 unspecified atom stereocenters. The number of hydrogen-bond acceptors (Lipinski definition) is 10. The quantitative estimate of drug-likeness (QED) is 0.312. The number of nitrogen functional groups attached to an aromatic ring is 1. The second-order valence-corrected chi connectivity index (χ2v) is 7.94. The molecule has 0 amide bonds. The van der Waals surface area contributed by atoms with Crippen molar-refractivity contribution in [2.24, 2.45) is 0 Å². The number of methoxy groups -OCH3 is 1. The molecule has 0 radical (unpaired) electrons. The maximum atomic E-state index is 8.90. The Bertz CT molecular complexity index is 1970. The van der Waals surface area contributed by atoms with Gasteiger partial charge in [0.25, 0.3) is 0 Å². The van der Waals surface area contributed by atoms with Crippen molar-refractivity contribution in [2.45, 2.75) is 6.50 Å². The Morgan fingerprint density at radius 2 is 1.95 bits per heavy atom. The number of nitrogens with zero attached hydrogens (tertiary/aromatic N) is 8. The van der Waals surface area contributed by atoms with Crippen molar-refractivity contribution in [1.29, 1.82) is 0 Å². The number of rotatable bonds is 9. The third-order valence-corrected chi connectivity index (χ3v) is 5.75. The molecule has 0 saturated carbocycles. The zero-order valence-electron chi connectivity index (χ0n) is 31.2. The topological polar surface area (TPSA) is 125 Å². The number of anilines is 2. The van der Waals surface area contributed by atoms with Crippen molar-refractivity contribution in [3.8, 4) is 17.3 Å². The second kappa shape index (κ2) is 10.1. The van der Waals surface area contributed by atoms with Crippen molar-refractivity contribution in [1.82, 2.24) is 34.3 Å². The molecule has 1 aliphatic rings. The third kappa shape index (κ3) is 4.68. The number of nitrogens with two attached hydrogens (primary N) is 1. The zero-order valence-corrected chi connectivity index (χ0v) is 19.2. The average molecular weight is 516 g/mol. The summed E-state index contributed by atoms with van der Waals surface area (Å²) in [6, 6.07) is 9.15. The van der Waals surface area contributed by atoms with Gasteiger partial charge in [0.1, 0.15) is 12.3 Å². The van der Waals surface area contributed by atoms with Crippen LogP contribution in [0.3, 0.4) is 0 Å². The SMILES string of the molecule is [2H]c1nn(C([2H])([2H])C([2H])([2H])N2CCN(c3ccc(OC([2H])([2H])C([2H])([2H])OC([2H])([2H])[2H])cc3)CC2)c2nc(N)n3nc(-c4ccco4)nc3c12. The van der Waals surface area contributed by atoms with E-state index in [1.54, 1.807) is 24.3 Å². The first-order valence-corrected chi connectivity index (χ1v) is 11.2. The van der Waals surface area contributed by atoms with E-state index in [0.717, 1.165) is 0 Å². The Hall–Kier alpha value is -4.16. The van der Waals surface area contributed by atoms with Crippen LogP contribution in [0.4, 0.5) is 11.6 Å². The molecule has 1 aromatic carbocycles. The molecule has 37 heavy (non-hydrogen) atoms. The highest BCUT2D eigenvalue weighted by atomic mass is 16.5. The summed E-state index contributed by atoms with van der Waals surface area (Å²) >= 11 is 0. The van der Waals surface area contributed by atoms with Gasteiger partial charge in [-0.3, -0.25) is 4.90 Å². The Balaban J connectivity index is 1.18. The lowest BCUT2D eigenvalue weighted by atomic mass is 10.2. The van der Waals surface area contributed by atoms with Crippen LogP contribution >= 0.6 is 0 Å². The molecule has 0 bridgehead atoms. The molecule has 2 N–H and O–H groups in total. The number of hydrogen-bond donors (Lipinski definition) is 1. The van der Waals surface area contributed by atoms with E-state index >= 15 is 0 Å². The fourth-order valence-electron chi connectivity index (χ4n) is 3.95. The minimum atomic E-state index is -3.29. The maximum Gasteiger partial charge on any atom is 0.225 e. The van der Waals surface area contributed by atoms with E-state index in [1.165, 1.54) is 27.8 Å². The molecule has 5 aromatic rings. The summed E-state index contributed by atoms with van der Waals surface area (Å²) in [6.45, 7) is -11.3. The smallest absolute Gasteiger partial charge is 0.225 e. The van der Waals surface area contributed by atoms with Crippen LogP contribution in [0.1, 0.15) is 16.4 Å². The van der Waals surface area contributed by atoms with Crippen LogP contribution in [-0.2, 0) is 11.2 Å². The lowest BCUT2D eigenvalue weighted by Crippen LogP contribution is -2.47. The summed E-state index contributed by atoms with van der Waals surface area (Å²) in [7, 11) is -3.19. The Morgan fingerprint density at radius 3 is 2.73 bits per heavy atom. The molecule has 1 fully saturated rings. The number of benzene rings is 1. The summed E-state index contributed by atoms with van der Waals surface area (Å²) in [5.74, 6) is 0.204. The molecule has 0 spiro atoms. The van der Waals surface area contributed by atoms with E-state index < -0.39 is 39.3 Å². The minimum absolute atomic E-state index is 0.0189. The van der Waals surface area contributed by atoms with E-state index in [1.807, 2.05) is 4.90 Å². The minimum Gasteiger partial charge on any atom is -0.491 e. The van der Waals surface area contributed by atoms with Crippen LogP contribution in [0.25, 0.3) is 28.3 Å². The summed E-state index contributed by atoms with van der Waals surface area (Å²) in [5.41, 5.74) is 6.65. The van der Waals surface area contributed by atoms with Gasteiger partial charge in [-0.05, 0) is 36.4 Å². The number of ether oxygens (including phenoxy) is 2. The summed E-state index contributed by atoms with van der Waals surface area (Å²) < 4.78 is 113. The number of aromatic nitrogens is 6. The Labute approximate surface area is 230 Å². The molecular weight excluding hydrogens is 474 g/mol. The van der Waals surface area contributed by atoms with Crippen molar-refractivity contribution < 1.29 is 30.3 Å². The van der Waals surface area contributed by atoms with E-state index in [-0.39, 0.29) is 60.4 Å². The number of aryl methyl sites for hydroxylation is 1. The fraction of sp³-hybridized carbons (Fsp3) is 0.360. The lowest BCUT2D eigenvalue weighted by molar-refractivity contribution is 0.146. The van der Waals surface area contributed by atoms with Crippen molar-refractivity contribution in [2.75, 3.05) is 63.5 Å². The van der Waals surface area contributed by atoms with E-state index in [2.05, 4.69) is 24.9 Å². The van der Waals surface area contributed by atoms with Gasteiger partial charge < -0.3 is 24.5 Å². The predicted molar refractivity (Wildman–Crippen MR) is 139 cm³/mol. The molecule has 6 rings (SSSR count). The molecule has 192 valence electrons. The molecule has 5 heterocycles. The van der Waals surface area contributed by atoms with Gasteiger partial charge >= 0.3 is 0 Å². The first kappa shape index (κ1) is 13.4. The van der Waals surface area contributed by atoms with Crippen LogP contribution < -0.4 is 15.4 Å². The van der Waals surface area contributed by atoms with Crippen LogP contribution in [-0.4, -0.2) is 87.1 Å². The molecule has 1 saturated heterocycles. The molecule has 0 aliphatic carbocycles. The Kier molecular flexibility index (Phi) is 3.65. The lowest BCUT2D eigenvalue weighted by Gasteiger charge is -2.36. The van der Waals surface area contributed by atoms with Gasteiger partial charge in [0.2, 0.25) is 11.8 Å². The van der Waals surface area contributed by atoms with E-state index in [0.29, 0.717) is 16.1 Å². The van der Waals surface area contributed by atoms with Crippen molar-refractivity contribution in [3.63, 3.8) is 0 Å². The van der Waals surface area contributed by atoms with Crippen LogP contribution in [0.2, 0.25) is 0 Å². The molecular formula is C25H29N9O3. The van der Waals surface area contributed by atoms with Crippen LogP contribution in [0.15, 0.2) is 53.3 Å². The first-order chi connectivity index (χ1) is 22.7. The van der Waals surface area contributed by atoms with Gasteiger partial charge in [0.05, 0.1) is 44.6 Å². The molecule has 1 aliphatic heterocycles. The molecule has 4 aromatic heterocycles. The third-order valence-electron chi connectivity index (χ3n) is 5.75. The van der Waals surface area contributed by atoms with Crippen molar-refractivity contribution in [3.05, 3.63) is 48.8 Å². The van der Waals surface area contributed by atoms with Gasteiger partial charge in [-0.15, -0.1) is 5.10 Å². The largest absolute Gasteiger partial charge is 0.491 e. The standard InChI is InChI=1S/C25H29N9O3/c1-35-15-16-36-19-6-4-18(5-7-19)32-11-8-31(9-12-32)10-13-33-23-20(17-27-33)24-28-22(21-3-2-14-37-21)30-34(24)25(26)29-23/h2-7,14,17H,8-13,15-16H2,1H3,(H2,26,29)/i1D3,10D2,13D2,15D2,16D2,17D. The average Bonchev–Trinajstić information content (AvgIpc) is 3.76. The molecule has 12 nitrogen and oxygen atoms in total. The monoisotopic (exact) mass is 515 g/mol. The van der Waals surface area contributed by atoms with E-state index in [9.17, 15) is 0 Å². The highest BCUT2D eigenvalue weighted by Gasteiger charge is 2.20. The first-order valence-electron chi connectivity index (χ1n) is 17.2. The van der Waals surface area contributed by atoms with Gasteiger partial charge in [-0.1, -0.05) is 0 Å². The zero-order chi connectivity index (χ0) is 35.7. The second-order valence-electron chi connectivity index (χ2n) is 7.94. The Morgan fingerprint density at radius 1 is 1.08 bits per heavy atom. The van der Waals surface area contributed by atoms with E-state index in [4.69, 9.17) is 31.3 Å². The van der Waals surface area contributed by atoms with Crippen LogP contribution in [0.5, 0.6) is 5.75 Å². The number of furan rings is 1. The highest BCUT2D eigenvalue weighted by Crippen LogP contribution is 2.24. The number of piperazine rings is 1. The molecule has 12 heteroatoms. The highest BCUT2D eigenvalue weighted by molar-refractivity contribution is 5.90. The fourth-order valence-corrected chi connectivity index (χ4v) is 3.95. The van der Waals surface area contributed by atoms with Gasteiger partial charge in [-0.25, -0.2) is 9.67 Å².